The topological polar surface area (TPSA) is 54.3 Å². The van der Waals surface area contributed by atoms with E-state index in [2.05, 4.69) is 28.4 Å². The van der Waals surface area contributed by atoms with Gasteiger partial charge in [0.1, 0.15) is 0 Å². The Kier molecular flexibility index (Phi) is 5.04. The van der Waals surface area contributed by atoms with Gasteiger partial charge < -0.3 is 9.88 Å². The van der Waals surface area contributed by atoms with Crippen LogP contribution in [0.5, 0.6) is 0 Å². The van der Waals surface area contributed by atoms with Crippen LogP contribution in [0.1, 0.15) is 29.3 Å². The summed E-state index contributed by atoms with van der Waals surface area (Å²) in [5, 5.41) is 2.91. The van der Waals surface area contributed by atoms with Crippen molar-refractivity contribution in [2.45, 2.75) is 39.4 Å². The molecule has 0 aliphatic carbocycles. The summed E-state index contributed by atoms with van der Waals surface area (Å²) in [6, 6.07) is 11.9. The van der Waals surface area contributed by atoms with Crippen molar-refractivity contribution in [3.8, 4) is 0 Å². The fourth-order valence-electron chi connectivity index (χ4n) is 3.26. The normalized spacial score (nSPS) is 15.5. The van der Waals surface area contributed by atoms with Crippen LogP contribution < -0.4 is 10.9 Å². The summed E-state index contributed by atoms with van der Waals surface area (Å²) in [7, 11) is 1.75. The predicted molar refractivity (Wildman–Crippen MR) is 98.3 cm³/mol. The molecule has 5 heteroatoms. The summed E-state index contributed by atoms with van der Waals surface area (Å²) in [6.45, 7) is 5.74. The maximum atomic E-state index is 12.5. The molecular weight excluding hydrogens is 314 g/mol. The minimum atomic E-state index is -0.220. The van der Waals surface area contributed by atoms with Crippen LogP contribution in [0, 0.1) is 6.92 Å². The van der Waals surface area contributed by atoms with E-state index in [-0.39, 0.29) is 24.1 Å². The van der Waals surface area contributed by atoms with Crippen molar-refractivity contribution in [1.29, 1.82) is 0 Å². The first kappa shape index (κ1) is 17.4. The molecule has 25 heavy (non-hydrogen) atoms. The monoisotopic (exact) mass is 339 g/mol. The van der Waals surface area contributed by atoms with Gasteiger partial charge in [-0.2, -0.15) is 0 Å². The number of nitrogens with zero attached hydrogens (tertiary/aromatic N) is 2. The van der Waals surface area contributed by atoms with E-state index >= 15 is 0 Å². The van der Waals surface area contributed by atoms with E-state index in [0.717, 1.165) is 25.2 Å². The van der Waals surface area contributed by atoms with E-state index in [1.165, 1.54) is 11.1 Å². The molecule has 0 bridgehead atoms. The summed E-state index contributed by atoms with van der Waals surface area (Å²) in [5.41, 5.74) is 4.12. The molecule has 0 fully saturated rings. The molecule has 0 radical (unpaired) electrons. The Hall–Kier alpha value is -2.40. The highest BCUT2D eigenvalue weighted by atomic mass is 16.2. The van der Waals surface area contributed by atoms with E-state index in [0.29, 0.717) is 5.56 Å². The lowest BCUT2D eigenvalue weighted by molar-refractivity contribution is -0.126. The lowest BCUT2D eigenvalue weighted by atomic mass is 9.99. The number of hydrogen-bond acceptors (Lipinski definition) is 3. The Labute approximate surface area is 148 Å². The van der Waals surface area contributed by atoms with Gasteiger partial charge >= 0.3 is 0 Å². The average Bonchev–Trinajstić information content (AvgIpc) is 2.64. The summed E-state index contributed by atoms with van der Waals surface area (Å²) < 4.78 is 1.60. The van der Waals surface area contributed by atoms with Crippen LogP contribution in [0.3, 0.4) is 0 Å². The van der Waals surface area contributed by atoms with Gasteiger partial charge in [0.2, 0.25) is 5.91 Å². The molecule has 1 N–H and O–H groups in total. The maximum absolute atomic E-state index is 12.5. The highest BCUT2D eigenvalue weighted by Crippen LogP contribution is 2.20. The van der Waals surface area contributed by atoms with Gasteiger partial charge in [0.05, 0.1) is 6.04 Å². The third kappa shape index (κ3) is 3.66. The molecule has 1 aromatic heterocycles. The molecule has 0 saturated heterocycles. The maximum Gasteiger partial charge on any atom is 0.255 e. The molecule has 1 aliphatic heterocycles. The highest BCUT2D eigenvalue weighted by Gasteiger charge is 2.25. The van der Waals surface area contributed by atoms with Gasteiger partial charge in [-0.05, 0) is 37.5 Å². The zero-order valence-corrected chi connectivity index (χ0v) is 15.1. The second-order valence-electron chi connectivity index (χ2n) is 6.75. The predicted octanol–water partition coefficient (Wildman–Crippen LogP) is 1.76. The average molecular weight is 339 g/mol. The van der Waals surface area contributed by atoms with Crippen molar-refractivity contribution < 1.29 is 4.79 Å². The summed E-state index contributed by atoms with van der Waals surface area (Å²) >= 11 is 0. The number of benzene rings is 1. The Morgan fingerprint density at radius 2 is 1.92 bits per heavy atom. The molecule has 0 spiro atoms. The van der Waals surface area contributed by atoms with Crippen molar-refractivity contribution in [1.82, 2.24) is 14.8 Å². The molecule has 1 aromatic carbocycles. The molecule has 0 saturated carbocycles. The van der Waals surface area contributed by atoms with Gasteiger partial charge in [0.15, 0.2) is 0 Å². The van der Waals surface area contributed by atoms with Crippen molar-refractivity contribution in [2.24, 2.45) is 7.05 Å². The van der Waals surface area contributed by atoms with E-state index < -0.39 is 0 Å². The Bertz CT molecular complexity index is 841. The minimum Gasteiger partial charge on any atom is -0.350 e. The molecule has 5 nitrogen and oxygen atoms in total. The van der Waals surface area contributed by atoms with Crippen molar-refractivity contribution >= 4 is 5.91 Å². The number of hydrogen-bond donors (Lipinski definition) is 1. The fraction of sp³-hybridized carbons (Fsp3) is 0.400. The number of carbonyl (C=O) groups excluding carboxylic acids is 1. The van der Waals surface area contributed by atoms with E-state index in [1.807, 2.05) is 26.0 Å². The smallest absolute Gasteiger partial charge is 0.255 e. The standard InChI is InChI=1S/C20H25N3O2/c1-14-8-9-17(20(25)22(14)3)12-21-19(24)15(2)23-11-10-16-6-4-5-7-18(16)13-23/h4-9,15H,10-13H2,1-3H3,(H,21,24). The number of aryl methyl sites for hydroxylation is 1. The molecule has 1 atom stereocenters. The fourth-order valence-corrected chi connectivity index (χ4v) is 3.26. The first-order chi connectivity index (χ1) is 12.0. The van der Waals surface area contributed by atoms with E-state index in [4.69, 9.17) is 0 Å². The summed E-state index contributed by atoms with van der Waals surface area (Å²) in [4.78, 5) is 26.9. The second kappa shape index (κ2) is 7.23. The first-order valence-corrected chi connectivity index (χ1v) is 8.71. The minimum absolute atomic E-state index is 0.0398. The number of pyridine rings is 1. The van der Waals surface area contributed by atoms with Crippen molar-refractivity contribution in [2.75, 3.05) is 6.54 Å². The summed E-state index contributed by atoms with van der Waals surface area (Å²) in [5.74, 6) is -0.0398. The van der Waals surface area contributed by atoms with Crippen LogP contribution in [0.25, 0.3) is 0 Å². The van der Waals surface area contributed by atoms with Crippen LogP contribution in [0.15, 0.2) is 41.2 Å². The van der Waals surface area contributed by atoms with Gasteiger partial charge in [0, 0.05) is 37.9 Å². The number of nitrogens with one attached hydrogen (secondary N) is 1. The van der Waals surface area contributed by atoms with Crippen LogP contribution in [0.2, 0.25) is 0 Å². The number of rotatable bonds is 4. The number of fused-ring (bicyclic) bond motifs is 1. The second-order valence-corrected chi connectivity index (χ2v) is 6.75. The van der Waals surface area contributed by atoms with E-state index in [9.17, 15) is 9.59 Å². The van der Waals surface area contributed by atoms with Crippen LogP contribution in [-0.2, 0) is 31.4 Å². The number of aromatic nitrogens is 1. The van der Waals surface area contributed by atoms with Gasteiger partial charge in [-0.25, -0.2) is 0 Å². The zero-order valence-electron chi connectivity index (χ0n) is 15.1. The zero-order chi connectivity index (χ0) is 18.0. The lowest BCUT2D eigenvalue weighted by Gasteiger charge is -2.32. The lowest BCUT2D eigenvalue weighted by Crippen LogP contribution is -2.47. The molecular formula is C20H25N3O2. The quantitative estimate of drug-likeness (QED) is 0.923. The summed E-state index contributed by atoms with van der Waals surface area (Å²) in [6.07, 6.45) is 0.965. The van der Waals surface area contributed by atoms with Crippen molar-refractivity contribution in [3.63, 3.8) is 0 Å². The number of carbonyl (C=O) groups is 1. The van der Waals surface area contributed by atoms with Crippen molar-refractivity contribution in [3.05, 3.63) is 69.1 Å². The molecule has 1 unspecified atom stereocenters. The molecule has 1 amide bonds. The number of amides is 1. The van der Waals surface area contributed by atoms with Crippen LogP contribution in [0.4, 0.5) is 0 Å². The SMILES string of the molecule is Cc1ccc(CNC(=O)C(C)N2CCc3ccccc3C2)c(=O)n1C. The first-order valence-electron chi connectivity index (χ1n) is 8.71. The third-order valence-electron chi connectivity index (χ3n) is 5.17. The van der Waals surface area contributed by atoms with Gasteiger partial charge in [-0.3, -0.25) is 14.5 Å². The molecule has 2 heterocycles. The Morgan fingerprint density at radius 3 is 2.68 bits per heavy atom. The Balaban J connectivity index is 1.62. The van der Waals surface area contributed by atoms with Crippen LogP contribution in [-0.4, -0.2) is 28.0 Å². The van der Waals surface area contributed by atoms with Gasteiger partial charge in [-0.15, -0.1) is 0 Å². The van der Waals surface area contributed by atoms with Gasteiger partial charge in [-0.1, -0.05) is 30.3 Å². The highest BCUT2D eigenvalue weighted by molar-refractivity contribution is 5.81. The van der Waals surface area contributed by atoms with E-state index in [1.54, 1.807) is 17.7 Å². The molecule has 2 aromatic rings. The Morgan fingerprint density at radius 1 is 1.20 bits per heavy atom. The molecule has 1 aliphatic rings. The molecule has 132 valence electrons. The van der Waals surface area contributed by atoms with Gasteiger partial charge in [0.25, 0.3) is 5.56 Å². The molecule has 3 rings (SSSR count). The van der Waals surface area contributed by atoms with Crippen LogP contribution >= 0.6 is 0 Å². The third-order valence-corrected chi connectivity index (χ3v) is 5.17. The largest absolute Gasteiger partial charge is 0.350 e.